The van der Waals surface area contributed by atoms with Crippen LogP contribution in [-0.2, 0) is 23.8 Å². The number of hydrogen-bond donors (Lipinski definition) is 0. The van der Waals surface area contributed by atoms with Crippen LogP contribution in [0.4, 0.5) is 0 Å². The van der Waals surface area contributed by atoms with E-state index >= 15 is 0 Å². The van der Waals surface area contributed by atoms with Crippen molar-refractivity contribution in [2.75, 3.05) is 20.3 Å². The molecule has 2 atom stereocenters. The fourth-order valence-corrected chi connectivity index (χ4v) is 5.15. The molecule has 0 aliphatic carbocycles. The molecule has 0 bridgehead atoms. The van der Waals surface area contributed by atoms with E-state index in [1.165, 1.54) is 7.11 Å². The van der Waals surface area contributed by atoms with Crippen LogP contribution in [0.5, 0.6) is 0 Å². The summed E-state index contributed by atoms with van der Waals surface area (Å²) in [7, 11) is 1.53. The fraction of sp³-hybridized carbons (Fsp3) is 0.923. The van der Waals surface area contributed by atoms with Crippen molar-refractivity contribution in [3.8, 4) is 0 Å². The van der Waals surface area contributed by atoms with Gasteiger partial charge in [0.1, 0.15) is 12.2 Å². The molecule has 0 spiro atoms. The lowest BCUT2D eigenvalue weighted by atomic mass is 9.78. The van der Waals surface area contributed by atoms with E-state index in [4.69, 9.17) is 14.2 Å². The second-order valence-corrected chi connectivity index (χ2v) is 10.7. The van der Waals surface area contributed by atoms with E-state index in [0.29, 0.717) is 25.7 Å². The van der Waals surface area contributed by atoms with Crippen molar-refractivity contribution < 1.29 is 23.8 Å². The Balaban J connectivity index is 2.58. The predicted molar refractivity (Wildman–Crippen MR) is 129 cm³/mol. The topological polar surface area (TPSA) is 65.1 Å². The lowest BCUT2D eigenvalue weighted by Crippen LogP contribution is -2.63. The van der Waals surface area contributed by atoms with Gasteiger partial charge < -0.3 is 14.2 Å². The van der Waals surface area contributed by atoms with Crippen LogP contribution in [0.25, 0.3) is 0 Å². The first-order valence-electron chi connectivity index (χ1n) is 12.5. The van der Waals surface area contributed by atoms with E-state index in [9.17, 15) is 9.59 Å². The maximum Gasteiger partial charge on any atom is 0.306 e. The average molecular weight is 456 g/mol. The minimum atomic E-state index is -0.825. The van der Waals surface area contributed by atoms with Crippen molar-refractivity contribution in [3.63, 3.8) is 0 Å². The monoisotopic (exact) mass is 455 g/mol. The van der Waals surface area contributed by atoms with Crippen LogP contribution < -0.4 is 0 Å². The molecule has 0 aromatic heterocycles. The summed E-state index contributed by atoms with van der Waals surface area (Å²) >= 11 is 0. The highest BCUT2D eigenvalue weighted by Gasteiger charge is 2.45. The third-order valence-electron chi connectivity index (χ3n) is 7.22. The molecule has 0 radical (unpaired) electrons. The van der Waals surface area contributed by atoms with Gasteiger partial charge in [0.25, 0.3) is 0 Å². The minimum Gasteiger partial charge on any atom is -0.464 e. The van der Waals surface area contributed by atoms with Gasteiger partial charge in [-0.15, -0.1) is 0 Å². The molecule has 1 aliphatic rings. The fourth-order valence-electron chi connectivity index (χ4n) is 5.15. The maximum atomic E-state index is 12.3. The number of rotatable bonds is 14. The Morgan fingerprint density at radius 1 is 1.06 bits per heavy atom. The number of ether oxygens (including phenoxy) is 3. The molecule has 1 aliphatic heterocycles. The summed E-state index contributed by atoms with van der Waals surface area (Å²) in [6.45, 7) is 18.1. The number of esters is 1. The first-order chi connectivity index (χ1) is 14.8. The van der Waals surface area contributed by atoms with Gasteiger partial charge >= 0.3 is 5.97 Å². The Labute approximate surface area is 196 Å². The second kappa shape index (κ2) is 12.5. The molecule has 1 rings (SSSR count). The molecule has 0 aromatic rings. The number of hydrogen-bond acceptors (Lipinski definition) is 6. The highest BCUT2D eigenvalue weighted by atomic mass is 16.5. The van der Waals surface area contributed by atoms with Crippen LogP contribution in [0, 0.1) is 0 Å². The molecule has 6 nitrogen and oxygen atoms in total. The third-order valence-corrected chi connectivity index (χ3v) is 7.22. The standard InChI is InChI=1S/C26H49NO5/c1-10-13-20(11-2)32-21-18-24(4,5)27(25(6,7)19-21)16-17-31-23(29)15-14-22(28)26(8,12-3)30-9/h20-21H,10-19H2,1-9H3. The lowest BCUT2D eigenvalue weighted by molar-refractivity contribution is -0.152. The van der Waals surface area contributed by atoms with Gasteiger partial charge in [0.05, 0.1) is 18.6 Å². The summed E-state index contributed by atoms with van der Waals surface area (Å²) < 4.78 is 17.3. The molecule has 1 fully saturated rings. The SMILES string of the molecule is CCCC(CC)OC1CC(C)(C)N(CCOC(=O)CCC(=O)C(C)(CC)OC)C(C)(C)C1. The number of likely N-dealkylation sites (tertiary alicyclic amines) is 1. The molecule has 0 saturated carbocycles. The highest BCUT2D eigenvalue weighted by Crippen LogP contribution is 2.40. The molecule has 1 heterocycles. The summed E-state index contributed by atoms with van der Waals surface area (Å²) in [4.78, 5) is 27.0. The number of carbonyl (C=O) groups excluding carboxylic acids is 2. The molecule has 6 heteroatoms. The third kappa shape index (κ3) is 8.11. The number of ketones is 1. The molecule has 0 amide bonds. The van der Waals surface area contributed by atoms with E-state index < -0.39 is 5.60 Å². The van der Waals surface area contributed by atoms with Gasteiger partial charge in [-0.1, -0.05) is 27.2 Å². The smallest absolute Gasteiger partial charge is 0.306 e. The Bertz CT molecular complexity index is 579. The summed E-state index contributed by atoms with van der Waals surface area (Å²) in [6, 6.07) is 0. The van der Waals surface area contributed by atoms with E-state index in [0.717, 1.165) is 32.1 Å². The molecule has 32 heavy (non-hydrogen) atoms. The molecule has 0 N–H and O–H groups in total. The first kappa shape index (κ1) is 29.1. The van der Waals surface area contributed by atoms with Crippen LogP contribution in [0.1, 0.15) is 107 Å². The zero-order valence-electron chi connectivity index (χ0n) is 22.2. The summed E-state index contributed by atoms with van der Waals surface area (Å²) in [5.41, 5.74) is -0.934. The van der Waals surface area contributed by atoms with Gasteiger partial charge in [-0.2, -0.15) is 0 Å². The quantitative estimate of drug-likeness (QED) is 0.331. The van der Waals surface area contributed by atoms with Crippen LogP contribution in [0.2, 0.25) is 0 Å². The van der Waals surface area contributed by atoms with E-state index in [1.54, 1.807) is 6.92 Å². The van der Waals surface area contributed by atoms with Gasteiger partial charge in [-0.05, 0) is 66.7 Å². The van der Waals surface area contributed by atoms with Crippen molar-refractivity contribution >= 4 is 11.8 Å². The van der Waals surface area contributed by atoms with Gasteiger partial charge in [0.2, 0.25) is 0 Å². The first-order valence-corrected chi connectivity index (χ1v) is 12.5. The number of carbonyl (C=O) groups is 2. The van der Waals surface area contributed by atoms with Crippen molar-refractivity contribution in [1.29, 1.82) is 0 Å². The number of nitrogens with zero attached hydrogens (tertiary/aromatic N) is 1. The van der Waals surface area contributed by atoms with Crippen molar-refractivity contribution in [2.45, 2.75) is 136 Å². The Hall–Kier alpha value is -0.980. The van der Waals surface area contributed by atoms with Crippen LogP contribution in [0.3, 0.4) is 0 Å². The zero-order chi connectivity index (χ0) is 24.6. The van der Waals surface area contributed by atoms with Gasteiger partial charge in [-0.3, -0.25) is 14.5 Å². The van der Waals surface area contributed by atoms with Gasteiger partial charge in [-0.25, -0.2) is 0 Å². The Kier molecular flexibility index (Phi) is 11.3. The Morgan fingerprint density at radius 2 is 1.66 bits per heavy atom. The summed E-state index contributed by atoms with van der Waals surface area (Å²) in [5, 5.41) is 0. The molecule has 1 saturated heterocycles. The number of methoxy groups -OCH3 is 1. The molecule has 188 valence electrons. The molecule has 0 aromatic carbocycles. The largest absolute Gasteiger partial charge is 0.464 e. The zero-order valence-corrected chi connectivity index (χ0v) is 22.2. The second-order valence-electron chi connectivity index (χ2n) is 10.7. The predicted octanol–water partition coefficient (Wildman–Crippen LogP) is 5.31. The summed E-state index contributed by atoms with van der Waals surface area (Å²) in [5.74, 6) is -0.385. The van der Waals surface area contributed by atoms with Gasteiger partial charge in [0, 0.05) is 31.2 Å². The molecule has 2 unspecified atom stereocenters. The molecular weight excluding hydrogens is 406 g/mol. The van der Waals surface area contributed by atoms with Crippen LogP contribution >= 0.6 is 0 Å². The lowest BCUT2D eigenvalue weighted by Gasteiger charge is -2.55. The van der Waals surface area contributed by atoms with Crippen molar-refractivity contribution in [3.05, 3.63) is 0 Å². The summed E-state index contributed by atoms with van der Waals surface area (Å²) in [6.07, 6.45) is 6.63. The number of piperidine rings is 1. The maximum absolute atomic E-state index is 12.3. The van der Waals surface area contributed by atoms with Crippen LogP contribution in [-0.4, -0.2) is 65.8 Å². The average Bonchev–Trinajstić information content (AvgIpc) is 2.72. The number of Topliss-reactive ketones (excluding diaryl/α,β-unsaturated/α-hetero) is 1. The van der Waals surface area contributed by atoms with E-state index in [-0.39, 0.29) is 41.8 Å². The molecular formula is C26H49NO5. The van der Waals surface area contributed by atoms with Crippen molar-refractivity contribution in [2.24, 2.45) is 0 Å². The minimum absolute atomic E-state index is 0.0549. The van der Waals surface area contributed by atoms with Crippen LogP contribution in [0.15, 0.2) is 0 Å². The normalized spacial score (nSPS) is 21.7. The van der Waals surface area contributed by atoms with E-state index in [1.807, 2.05) is 6.92 Å². The van der Waals surface area contributed by atoms with Gasteiger partial charge in [0.15, 0.2) is 5.78 Å². The Morgan fingerprint density at radius 3 is 2.12 bits per heavy atom. The van der Waals surface area contributed by atoms with Crippen molar-refractivity contribution in [1.82, 2.24) is 4.90 Å². The highest BCUT2D eigenvalue weighted by molar-refractivity contribution is 5.89. The van der Waals surface area contributed by atoms with E-state index in [2.05, 4.69) is 46.4 Å².